The number of allylic oxidation sites excluding steroid dienone is 2. The van der Waals surface area contributed by atoms with E-state index in [2.05, 4.69) is 73.8 Å². The van der Waals surface area contributed by atoms with Crippen LogP contribution < -0.4 is 0 Å². The van der Waals surface area contributed by atoms with Crippen LogP contribution in [0.25, 0.3) is 16.7 Å². The maximum Gasteiger partial charge on any atom is 0.192 e. The average molecular weight is 344 g/mol. The lowest BCUT2D eigenvalue weighted by molar-refractivity contribution is -0.189. The van der Waals surface area contributed by atoms with E-state index in [1.807, 2.05) is 12.1 Å². The van der Waals surface area contributed by atoms with Gasteiger partial charge in [0.2, 0.25) is 0 Å². The van der Waals surface area contributed by atoms with Gasteiger partial charge in [-0.05, 0) is 28.3 Å². The van der Waals surface area contributed by atoms with Crippen LogP contribution in [0.2, 0.25) is 0 Å². The predicted molar refractivity (Wildman–Crippen MR) is 109 cm³/mol. The van der Waals surface area contributed by atoms with Crippen molar-refractivity contribution in [2.45, 2.75) is 12.2 Å². The fraction of sp³-hybridized carbons (Fsp3) is 0.167. The van der Waals surface area contributed by atoms with E-state index < -0.39 is 5.79 Å². The fourth-order valence-electron chi connectivity index (χ4n) is 2.96. The van der Waals surface area contributed by atoms with Gasteiger partial charge in [0, 0.05) is 6.42 Å². The zero-order valence-electron chi connectivity index (χ0n) is 14.9. The minimum absolute atomic E-state index is 0.441. The van der Waals surface area contributed by atoms with Crippen molar-refractivity contribution in [3.63, 3.8) is 0 Å². The van der Waals surface area contributed by atoms with Crippen LogP contribution in [0.4, 0.5) is 0 Å². The molecule has 0 radical (unpaired) electrons. The van der Waals surface area contributed by atoms with Crippen LogP contribution >= 0.6 is 0 Å². The van der Waals surface area contributed by atoms with Gasteiger partial charge in [-0.1, -0.05) is 78.9 Å². The number of hydrogen-bond donors (Lipinski definition) is 0. The lowest BCUT2D eigenvalue weighted by Gasteiger charge is -2.31. The minimum Gasteiger partial charge on any atom is -0.342 e. The first kappa shape index (κ1) is 18.1. The minimum atomic E-state index is -0.740. The maximum atomic E-state index is 5.86. The Balaban J connectivity index is 1.75. The summed E-state index contributed by atoms with van der Waals surface area (Å²) in [6, 6.07) is 19.0. The van der Waals surface area contributed by atoms with E-state index in [-0.39, 0.29) is 0 Å². The normalized spacial score (nSPS) is 15.3. The van der Waals surface area contributed by atoms with Crippen LogP contribution in [0.5, 0.6) is 0 Å². The highest BCUT2D eigenvalue weighted by Gasteiger charge is 2.29. The summed E-state index contributed by atoms with van der Waals surface area (Å²) in [6.07, 6.45) is 10.3. The molecule has 1 aliphatic rings. The van der Waals surface area contributed by atoms with Crippen molar-refractivity contribution in [2.24, 2.45) is 0 Å². The third-order valence-corrected chi connectivity index (χ3v) is 4.34. The van der Waals surface area contributed by atoms with Gasteiger partial charge in [-0.15, -0.1) is 13.2 Å². The summed E-state index contributed by atoms with van der Waals surface area (Å²) in [7, 11) is 0. The van der Waals surface area contributed by atoms with Crippen molar-refractivity contribution >= 4 is 5.57 Å². The van der Waals surface area contributed by atoms with Crippen LogP contribution in [-0.4, -0.2) is 19.0 Å². The first-order valence-electron chi connectivity index (χ1n) is 8.81. The Kier molecular flexibility index (Phi) is 6.00. The molecule has 1 aliphatic carbocycles. The lowest BCUT2D eigenvalue weighted by Crippen LogP contribution is -2.35. The fourth-order valence-corrected chi connectivity index (χ4v) is 2.96. The number of benzene rings is 2. The Morgan fingerprint density at radius 1 is 0.808 bits per heavy atom. The first-order valence-corrected chi connectivity index (χ1v) is 8.81. The smallest absolute Gasteiger partial charge is 0.192 e. The Hall–Kier alpha value is -2.68. The van der Waals surface area contributed by atoms with Gasteiger partial charge in [-0.3, -0.25) is 0 Å². The standard InChI is InChI=1S/C24H24O2/c1-3-18-25-24(26-19-4-2)16-14-23(15-17-24)22-12-10-21(11-13-22)20-8-6-5-7-9-20/h3-16H,1-2,17-19H2. The van der Waals surface area contributed by atoms with Crippen LogP contribution in [-0.2, 0) is 9.47 Å². The van der Waals surface area contributed by atoms with Gasteiger partial charge in [0.05, 0.1) is 13.2 Å². The van der Waals surface area contributed by atoms with E-state index >= 15 is 0 Å². The Labute approximate surface area is 155 Å². The highest BCUT2D eigenvalue weighted by molar-refractivity contribution is 5.77. The summed E-state index contributed by atoms with van der Waals surface area (Å²) in [4.78, 5) is 0. The van der Waals surface area contributed by atoms with Gasteiger partial charge >= 0.3 is 0 Å². The van der Waals surface area contributed by atoms with Crippen molar-refractivity contribution in [2.75, 3.05) is 13.2 Å². The van der Waals surface area contributed by atoms with E-state index in [0.717, 1.165) is 0 Å². The molecule has 2 nitrogen and oxygen atoms in total. The van der Waals surface area contributed by atoms with Gasteiger partial charge in [0.25, 0.3) is 0 Å². The van der Waals surface area contributed by atoms with Crippen LogP contribution in [0.1, 0.15) is 12.0 Å². The second kappa shape index (κ2) is 8.61. The molecule has 2 aromatic rings. The molecular formula is C24H24O2. The maximum absolute atomic E-state index is 5.86. The predicted octanol–water partition coefficient (Wildman–Crippen LogP) is 5.80. The molecule has 0 unspecified atom stereocenters. The zero-order chi connectivity index (χ0) is 18.2. The molecular weight excluding hydrogens is 320 g/mol. The highest BCUT2D eigenvalue weighted by Crippen LogP contribution is 2.31. The number of ether oxygens (including phenoxy) is 2. The molecule has 0 N–H and O–H groups in total. The van der Waals surface area contributed by atoms with E-state index in [1.54, 1.807) is 12.2 Å². The van der Waals surface area contributed by atoms with E-state index in [4.69, 9.17) is 9.47 Å². The molecule has 0 atom stereocenters. The molecule has 2 aromatic carbocycles. The number of rotatable bonds is 8. The Bertz CT molecular complexity index is 786. The Morgan fingerprint density at radius 2 is 1.38 bits per heavy atom. The van der Waals surface area contributed by atoms with E-state index in [0.29, 0.717) is 19.6 Å². The molecule has 0 saturated heterocycles. The molecule has 26 heavy (non-hydrogen) atoms. The molecule has 3 rings (SSSR count). The Morgan fingerprint density at radius 3 is 1.92 bits per heavy atom. The van der Waals surface area contributed by atoms with Crippen molar-refractivity contribution < 1.29 is 9.47 Å². The summed E-state index contributed by atoms with van der Waals surface area (Å²) in [6.45, 7) is 8.31. The molecule has 0 spiro atoms. The van der Waals surface area contributed by atoms with Gasteiger partial charge in [0.1, 0.15) is 0 Å². The molecule has 0 fully saturated rings. The molecule has 0 amide bonds. The average Bonchev–Trinajstić information content (AvgIpc) is 2.72. The molecule has 0 bridgehead atoms. The quantitative estimate of drug-likeness (QED) is 0.445. The van der Waals surface area contributed by atoms with Crippen molar-refractivity contribution in [1.29, 1.82) is 0 Å². The monoisotopic (exact) mass is 344 g/mol. The van der Waals surface area contributed by atoms with Crippen molar-refractivity contribution in [1.82, 2.24) is 0 Å². The summed E-state index contributed by atoms with van der Waals surface area (Å²) < 4.78 is 11.7. The highest BCUT2D eigenvalue weighted by atomic mass is 16.7. The molecule has 0 aromatic heterocycles. The van der Waals surface area contributed by atoms with E-state index in [1.165, 1.54) is 22.3 Å². The van der Waals surface area contributed by atoms with E-state index in [9.17, 15) is 0 Å². The van der Waals surface area contributed by atoms with Gasteiger partial charge in [-0.2, -0.15) is 0 Å². The summed E-state index contributed by atoms with van der Waals surface area (Å²) in [5, 5.41) is 0. The van der Waals surface area contributed by atoms with Crippen LogP contribution in [0.15, 0.2) is 98.1 Å². The van der Waals surface area contributed by atoms with Gasteiger partial charge in [0.15, 0.2) is 5.79 Å². The summed E-state index contributed by atoms with van der Waals surface area (Å²) in [5.74, 6) is -0.740. The lowest BCUT2D eigenvalue weighted by atomic mass is 9.94. The summed E-state index contributed by atoms with van der Waals surface area (Å²) in [5.41, 5.74) is 4.79. The summed E-state index contributed by atoms with van der Waals surface area (Å²) >= 11 is 0. The molecule has 0 aliphatic heterocycles. The largest absolute Gasteiger partial charge is 0.342 e. The molecule has 0 heterocycles. The number of hydrogen-bond acceptors (Lipinski definition) is 2. The SMILES string of the molecule is C=CCOC1(OCC=C)C=CC(c2ccc(-c3ccccc3)cc2)=CC1. The van der Waals surface area contributed by atoms with Crippen LogP contribution in [0, 0.1) is 0 Å². The second-order valence-electron chi connectivity index (χ2n) is 6.15. The van der Waals surface area contributed by atoms with Crippen molar-refractivity contribution in [3.8, 4) is 11.1 Å². The van der Waals surface area contributed by atoms with Crippen LogP contribution in [0.3, 0.4) is 0 Å². The third kappa shape index (κ3) is 4.29. The van der Waals surface area contributed by atoms with Gasteiger partial charge < -0.3 is 9.47 Å². The first-order chi connectivity index (χ1) is 12.8. The second-order valence-corrected chi connectivity index (χ2v) is 6.15. The molecule has 0 saturated carbocycles. The van der Waals surface area contributed by atoms with Gasteiger partial charge in [-0.25, -0.2) is 0 Å². The zero-order valence-corrected chi connectivity index (χ0v) is 14.9. The molecule has 2 heteroatoms. The topological polar surface area (TPSA) is 18.5 Å². The molecule has 132 valence electrons. The van der Waals surface area contributed by atoms with Crippen molar-refractivity contribution in [3.05, 3.63) is 104 Å². The third-order valence-electron chi connectivity index (χ3n) is 4.34.